The maximum Gasteiger partial charge on any atom is 0.405 e. The standard InChI is InChI=1S/C18H20F3N3O3/c1-11-9-23(10-14(22(11)2)18(19,20)21)15(25)7-8-24-16(26)12-5-3-4-6-13(12)17(24)27/h3-6,11,14H,7-10H2,1-2H3. The highest BCUT2D eigenvalue weighted by Crippen LogP contribution is 2.29. The van der Waals surface area contributed by atoms with Gasteiger partial charge in [-0.3, -0.25) is 24.2 Å². The van der Waals surface area contributed by atoms with Crippen molar-refractivity contribution in [2.75, 3.05) is 26.7 Å². The molecule has 2 heterocycles. The maximum atomic E-state index is 13.2. The number of rotatable bonds is 3. The Labute approximate surface area is 154 Å². The lowest BCUT2D eigenvalue weighted by molar-refractivity contribution is -0.201. The first-order valence-electron chi connectivity index (χ1n) is 8.63. The van der Waals surface area contributed by atoms with Crippen LogP contribution in [0.3, 0.4) is 0 Å². The van der Waals surface area contributed by atoms with E-state index in [0.717, 1.165) is 4.90 Å². The minimum absolute atomic E-state index is 0.150. The summed E-state index contributed by atoms with van der Waals surface area (Å²) in [5.74, 6) is -1.47. The third kappa shape index (κ3) is 3.55. The van der Waals surface area contributed by atoms with Crippen molar-refractivity contribution in [2.45, 2.75) is 31.6 Å². The van der Waals surface area contributed by atoms with E-state index < -0.39 is 42.5 Å². The molecule has 1 saturated heterocycles. The number of fused-ring (bicyclic) bond motifs is 1. The van der Waals surface area contributed by atoms with E-state index in [4.69, 9.17) is 0 Å². The first-order valence-corrected chi connectivity index (χ1v) is 8.63. The molecule has 1 aromatic carbocycles. The molecule has 0 spiro atoms. The number of hydrogen-bond donors (Lipinski definition) is 0. The smallest absolute Gasteiger partial charge is 0.339 e. The summed E-state index contributed by atoms with van der Waals surface area (Å²) in [5, 5.41) is 0. The Morgan fingerprint density at radius 1 is 1.11 bits per heavy atom. The largest absolute Gasteiger partial charge is 0.405 e. The number of carbonyl (C=O) groups is 3. The summed E-state index contributed by atoms with van der Waals surface area (Å²) in [6, 6.07) is 4.17. The van der Waals surface area contributed by atoms with Gasteiger partial charge in [0.05, 0.1) is 11.1 Å². The summed E-state index contributed by atoms with van der Waals surface area (Å²) < 4.78 is 39.6. The van der Waals surface area contributed by atoms with Crippen LogP contribution in [0.15, 0.2) is 24.3 Å². The fraction of sp³-hybridized carbons (Fsp3) is 0.500. The molecule has 0 aromatic heterocycles. The number of halogens is 3. The molecule has 2 aliphatic rings. The van der Waals surface area contributed by atoms with Crippen molar-refractivity contribution in [3.05, 3.63) is 35.4 Å². The van der Waals surface area contributed by atoms with Crippen molar-refractivity contribution < 1.29 is 27.6 Å². The molecule has 2 unspecified atom stereocenters. The van der Waals surface area contributed by atoms with Gasteiger partial charge in [0, 0.05) is 32.1 Å². The zero-order valence-electron chi connectivity index (χ0n) is 15.0. The number of imide groups is 1. The molecule has 3 amide bonds. The van der Waals surface area contributed by atoms with Gasteiger partial charge in [-0.05, 0) is 26.1 Å². The van der Waals surface area contributed by atoms with Gasteiger partial charge in [-0.25, -0.2) is 0 Å². The number of likely N-dealkylation sites (N-methyl/N-ethyl adjacent to an activating group) is 1. The Bertz CT molecular complexity index is 746. The van der Waals surface area contributed by atoms with Gasteiger partial charge in [0.15, 0.2) is 0 Å². The van der Waals surface area contributed by atoms with Gasteiger partial charge in [0.2, 0.25) is 5.91 Å². The number of nitrogens with zero attached hydrogens (tertiary/aromatic N) is 3. The van der Waals surface area contributed by atoms with Crippen molar-refractivity contribution in [1.29, 1.82) is 0 Å². The van der Waals surface area contributed by atoms with Crippen LogP contribution in [-0.2, 0) is 4.79 Å². The number of amides is 3. The van der Waals surface area contributed by atoms with Crippen molar-refractivity contribution in [2.24, 2.45) is 0 Å². The second-order valence-electron chi connectivity index (χ2n) is 6.93. The van der Waals surface area contributed by atoms with Crippen molar-refractivity contribution in [3.8, 4) is 0 Å². The number of carbonyl (C=O) groups excluding carboxylic acids is 3. The molecule has 1 aromatic rings. The molecule has 3 rings (SSSR count). The molecule has 0 saturated carbocycles. The lowest BCUT2D eigenvalue weighted by atomic mass is 10.1. The Balaban J connectivity index is 1.65. The fourth-order valence-corrected chi connectivity index (χ4v) is 3.51. The molecule has 27 heavy (non-hydrogen) atoms. The second kappa shape index (κ2) is 6.95. The van der Waals surface area contributed by atoms with Gasteiger partial charge < -0.3 is 4.90 Å². The quantitative estimate of drug-likeness (QED) is 0.747. The van der Waals surface area contributed by atoms with Crippen LogP contribution in [0.1, 0.15) is 34.1 Å². The van der Waals surface area contributed by atoms with Gasteiger partial charge >= 0.3 is 6.18 Å². The highest BCUT2D eigenvalue weighted by molar-refractivity contribution is 6.21. The van der Waals surface area contributed by atoms with Crippen LogP contribution >= 0.6 is 0 Å². The van der Waals surface area contributed by atoms with E-state index >= 15 is 0 Å². The molecule has 6 nitrogen and oxygen atoms in total. The Morgan fingerprint density at radius 2 is 1.67 bits per heavy atom. The van der Waals surface area contributed by atoms with Gasteiger partial charge in [0.25, 0.3) is 11.8 Å². The minimum Gasteiger partial charge on any atom is -0.339 e. The normalized spacial score (nSPS) is 23.7. The van der Waals surface area contributed by atoms with E-state index in [9.17, 15) is 27.6 Å². The summed E-state index contributed by atoms with van der Waals surface area (Å²) in [6.07, 6.45) is -4.64. The van der Waals surface area contributed by atoms with Crippen LogP contribution in [-0.4, -0.2) is 77.4 Å². The van der Waals surface area contributed by atoms with Crippen LogP contribution in [0, 0.1) is 0 Å². The highest BCUT2D eigenvalue weighted by Gasteiger charge is 2.48. The molecule has 0 radical (unpaired) electrons. The van der Waals surface area contributed by atoms with Crippen molar-refractivity contribution >= 4 is 17.7 Å². The zero-order chi connectivity index (χ0) is 19.9. The second-order valence-corrected chi connectivity index (χ2v) is 6.93. The molecular weight excluding hydrogens is 363 g/mol. The minimum atomic E-state index is -4.44. The topological polar surface area (TPSA) is 60.9 Å². The lowest BCUT2D eigenvalue weighted by Crippen LogP contribution is -2.62. The predicted octanol–water partition coefficient (Wildman–Crippen LogP) is 1.77. The van der Waals surface area contributed by atoms with Gasteiger partial charge in [0.1, 0.15) is 6.04 Å². The highest BCUT2D eigenvalue weighted by atomic mass is 19.4. The van der Waals surface area contributed by atoms with Crippen LogP contribution in [0.4, 0.5) is 13.2 Å². The van der Waals surface area contributed by atoms with E-state index in [2.05, 4.69) is 0 Å². The number of alkyl halides is 3. The average Bonchev–Trinajstić information content (AvgIpc) is 2.85. The molecule has 9 heteroatoms. The first kappa shape index (κ1) is 19.3. The van der Waals surface area contributed by atoms with Crippen LogP contribution < -0.4 is 0 Å². The third-order valence-electron chi connectivity index (χ3n) is 5.22. The van der Waals surface area contributed by atoms with E-state index in [0.29, 0.717) is 0 Å². The lowest BCUT2D eigenvalue weighted by Gasteiger charge is -2.44. The molecule has 0 N–H and O–H groups in total. The van der Waals surface area contributed by atoms with E-state index in [-0.39, 0.29) is 30.6 Å². The summed E-state index contributed by atoms with van der Waals surface area (Å²) in [6.45, 7) is 1.19. The van der Waals surface area contributed by atoms with E-state index in [1.54, 1.807) is 19.1 Å². The molecule has 146 valence electrons. The van der Waals surface area contributed by atoms with Crippen LogP contribution in [0.25, 0.3) is 0 Å². The monoisotopic (exact) mass is 383 g/mol. The number of hydrogen-bond acceptors (Lipinski definition) is 4. The maximum absolute atomic E-state index is 13.2. The van der Waals surface area contributed by atoms with Gasteiger partial charge in [-0.15, -0.1) is 0 Å². The van der Waals surface area contributed by atoms with Gasteiger partial charge in [-0.1, -0.05) is 12.1 Å². The number of piperazine rings is 1. The zero-order valence-corrected chi connectivity index (χ0v) is 15.0. The summed E-state index contributed by atoms with van der Waals surface area (Å²) >= 11 is 0. The molecular formula is C18H20F3N3O3. The molecule has 2 aliphatic heterocycles. The fourth-order valence-electron chi connectivity index (χ4n) is 3.51. The average molecular weight is 383 g/mol. The number of benzene rings is 1. The van der Waals surface area contributed by atoms with E-state index in [1.165, 1.54) is 29.0 Å². The first-order chi connectivity index (χ1) is 12.6. The SMILES string of the molecule is CC1CN(C(=O)CCN2C(=O)c3ccccc3C2=O)CC(C(F)(F)F)N1C. The summed E-state index contributed by atoms with van der Waals surface area (Å²) in [4.78, 5) is 40.4. The predicted molar refractivity (Wildman–Crippen MR) is 90.1 cm³/mol. The Kier molecular flexibility index (Phi) is 4.98. The van der Waals surface area contributed by atoms with Crippen LogP contribution in [0.2, 0.25) is 0 Å². The molecule has 0 aliphatic carbocycles. The van der Waals surface area contributed by atoms with Crippen molar-refractivity contribution in [1.82, 2.24) is 14.7 Å². The Morgan fingerprint density at radius 3 is 2.19 bits per heavy atom. The van der Waals surface area contributed by atoms with Gasteiger partial charge in [-0.2, -0.15) is 13.2 Å². The molecule has 2 atom stereocenters. The van der Waals surface area contributed by atoms with Crippen LogP contribution in [0.5, 0.6) is 0 Å². The summed E-state index contributed by atoms with van der Waals surface area (Å²) in [7, 11) is 1.39. The molecule has 1 fully saturated rings. The van der Waals surface area contributed by atoms with Crippen molar-refractivity contribution in [3.63, 3.8) is 0 Å². The van der Waals surface area contributed by atoms with E-state index in [1.807, 2.05) is 0 Å². The molecule has 0 bridgehead atoms. The Hall–Kier alpha value is -2.42. The third-order valence-corrected chi connectivity index (χ3v) is 5.22. The summed E-state index contributed by atoms with van der Waals surface area (Å²) in [5.41, 5.74) is 0.556.